The first-order valence-electron chi connectivity index (χ1n) is 13.4. The number of carbonyl (C=O) groups is 3. The van der Waals surface area contributed by atoms with Crippen molar-refractivity contribution >= 4 is 62.8 Å². The van der Waals surface area contributed by atoms with Crippen molar-refractivity contribution in [2.24, 2.45) is 11.8 Å². The van der Waals surface area contributed by atoms with Crippen molar-refractivity contribution in [2.75, 3.05) is 24.7 Å². The van der Waals surface area contributed by atoms with E-state index in [9.17, 15) is 19.5 Å². The molecule has 0 saturated carbocycles. The summed E-state index contributed by atoms with van der Waals surface area (Å²) in [4.78, 5) is 45.5. The Balaban J connectivity index is 1.62. The average Bonchev–Trinajstić information content (AvgIpc) is 3.54. The zero-order valence-corrected chi connectivity index (χ0v) is 25.3. The van der Waals surface area contributed by atoms with Crippen LogP contribution in [-0.2, 0) is 25.5 Å². The quantitative estimate of drug-likeness (QED) is 0.232. The van der Waals surface area contributed by atoms with Gasteiger partial charge < -0.3 is 19.6 Å². The summed E-state index contributed by atoms with van der Waals surface area (Å²) < 4.78 is 4.58. The van der Waals surface area contributed by atoms with Crippen molar-refractivity contribution in [2.45, 2.75) is 46.7 Å². The average molecular weight is 648 g/mol. The normalized spacial score (nSPS) is 29.2. The van der Waals surface area contributed by atoms with Gasteiger partial charge in [-0.3, -0.25) is 14.4 Å². The van der Waals surface area contributed by atoms with Crippen LogP contribution in [0.15, 0.2) is 67.3 Å². The molecular formula is C30H32BrClN2O5S. The van der Waals surface area contributed by atoms with E-state index in [2.05, 4.69) is 22.5 Å². The first-order chi connectivity index (χ1) is 19.3. The summed E-state index contributed by atoms with van der Waals surface area (Å²) in [6.45, 7) is 5.70. The molecule has 7 atom stereocenters. The number of hydrogen-bond acceptors (Lipinski definition) is 6. The summed E-state index contributed by atoms with van der Waals surface area (Å²) in [6.07, 6.45) is 2.55. The molecule has 3 aliphatic rings. The number of alkyl halides is 1. The number of likely N-dealkylation sites (tertiary alicyclic amines) is 1. The van der Waals surface area contributed by atoms with E-state index >= 15 is 0 Å². The lowest BCUT2D eigenvalue weighted by atomic mass is 9.71. The maximum Gasteiger partial charge on any atom is 0.310 e. The van der Waals surface area contributed by atoms with E-state index < -0.39 is 34.6 Å². The lowest BCUT2D eigenvalue weighted by Gasteiger charge is -2.40. The van der Waals surface area contributed by atoms with Gasteiger partial charge in [0.15, 0.2) is 0 Å². The molecule has 2 amide bonds. The minimum Gasteiger partial charge on any atom is -0.466 e. The number of carbonyl (C=O) groups excluding carboxylic acids is 3. The molecule has 0 aliphatic carbocycles. The highest BCUT2D eigenvalue weighted by atomic mass is 79.9. The third-order valence-corrected chi connectivity index (χ3v) is 11.6. The molecule has 3 heterocycles. The van der Waals surface area contributed by atoms with Crippen LogP contribution >= 0.6 is 39.3 Å². The summed E-state index contributed by atoms with van der Waals surface area (Å²) in [5.74, 6) is -2.39. The number of thioether (sulfide) groups is 1. The van der Waals surface area contributed by atoms with Crippen LogP contribution in [0.5, 0.6) is 0 Å². The van der Waals surface area contributed by atoms with Gasteiger partial charge in [-0.25, -0.2) is 0 Å². The molecule has 5 rings (SSSR count). The number of fused-ring (bicyclic) bond motifs is 1. The van der Waals surface area contributed by atoms with Gasteiger partial charge in [0.1, 0.15) is 6.04 Å². The van der Waals surface area contributed by atoms with E-state index in [1.165, 1.54) is 0 Å². The Bertz CT molecular complexity index is 1280. The lowest BCUT2D eigenvalue weighted by Crippen LogP contribution is -2.58. The van der Waals surface area contributed by atoms with Crippen LogP contribution in [0, 0.1) is 11.8 Å². The van der Waals surface area contributed by atoms with Gasteiger partial charge in [-0.15, -0.1) is 18.3 Å². The fourth-order valence-electron chi connectivity index (χ4n) is 6.61. The minimum absolute atomic E-state index is 0.0729. The van der Waals surface area contributed by atoms with E-state index in [0.717, 1.165) is 5.56 Å². The second-order valence-corrected chi connectivity index (χ2v) is 13.6. The predicted molar refractivity (Wildman–Crippen MR) is 161 cm³/mol. The summed E-state index contributed by atoms with van der Waals surface area (Å²) in [7, 11) is 0. The van der Waals surface area contributed by atoms with Crippen molar-refractivity contribution in [3.8, 4) is 0 Å². The maximum absolute atomic E-state index is 14.7. The number of rotatable bonds is 10. The van der Waals surface area contributed by atoms with Gasteiger partial charge in [-0.1, -0.05) is 63.9 Å². The molecule has 10 heteroatoms. The molecule has 3 unspecified atom stereocenters. The number of aliphatic hydroxyl groups is 1. The molecule has 1 N–H and O–H groups in total. The molecule has 3 aliphatic heterocycles. The van der Waals surface area contributed by atoms with Gasteiger partial charge >= 0.3 is 5.97 Å². The Morgan fingerprint density at radius 2 is 1.98 bits per heavy atom. The Morgan fingerprint density at radius 3 is 2.60 bits per heavy atom. The number of anilines is 1. The SMILES string of the molecule is C=CCN(C(=O)C1N([C@@H](CO)Cc2ccccc2)C(=O)[C@@H]2[C@@H](C(=O)OCC)[C@@H]3SC12CC3Br)c1ccc(Cl)cc1. The topological polar surface area (TPSA) is 87.2 Å². The van der Waals surface area contributed by atoms with Gasteiger partial charge in [0, 0.05) is 27.3 Å². The highest BCUT2D eigenvalue weighted by Crippen LogP contribution is 2.68. The molecule has 1 spiro atoms. The number of amides is 2. The Labute approximate surface area is 252 Å². The van der Waals surface area contributed by atoms with E-state index in [1.807, 2.05) is 30.3 Å². The summed E-state index contributed by atoms with van der Waals surface area (Å²) >= 11 is 11.4. The third-order valence-electron chi connectivity index (χ3n) is 8.15. The molecule has 2 aromatic carbocycles. The highest BCUT2D eigenvalue weighted by molar-refractivity contribution is 9.09. The molecular weight excluding hydrogens is 616 g/mol. The van der Waals surface area contributed by atoms with Crippen LogP contribution in [0.25, 0.3) is 0 Å². The first-order valence-corrected chi connectivity index (χ1v) is 15.6. The molecule has 3 saturated heterocycles. The Morgan fingerprint density at radius 1 is 1.27 bits per heavy atom. The predicted octanol–water partition coefficient (Wildman–Crippen LogP) is 4.49. The van der Waals surface area contributed by atoms with Gasteiger partial charge in [0.2, 0.25) is 5.91 Å². The number of hydrogen-bond donors (Lipinski definition) is 1. The molecule has 0 aromatic heterocycles. The standard InChI is InChI=1S/C30H32BrClN2O5S/c1-3-14-33(20-12-10-19(32)11-13-20)28(37)26-30-16-22(31)25(40-30)23(29(38)39-4-2)24(30)27(36)34(26)21(17-35)15-18-8-6-5-7-9-18/h3,5-13,21-26,35H,1,4,14-17H2,2H3/t21-,22?,23-,24+,25-,26?,30?/m1/s1. The van der Waals surface area contributed by atoms with Gasteiger partial charge in [0.05, 0.1) is 35.8 Å². The van der Waals surface area contributed by atoms with Crippen molar-refractivity contribution in [3.63, 3.8) is 0 Å². The van der Waals surface area contributed by atoms with Crippen LogP contribution in [0.4, 0.5) is 5.69 Å². The molecule has 2 bridgehead atoms. The number of halogens is 2. The third kappa shape index (κ3) is 4.89. The van der Waals surface area contributed by atoms with E-state index in [-0.39, 0.29) is 41.6 Å². The summed E-state index contributed by atoms with van der Waals surface area (Å²) in [6, 6.07) is 15.0. The number of benzene rings is 2. The molecule has 40 heavy (non-hydrogen) atoms. The maximum atomic E-state index is 14.7. The zero-order chi connectivity index (χ0) is 28.6. The summed E-state index contributed by atoms with van der Waals surface area (Å²) in [5.41, 5.74) is 1.56. The van der Waals surface area contributed by atoms with Gasteiger partial charge in [-0.2, -0.15) is 0 Å². The molecule has 3 fully saturated rings. The molecule has 0 radical (unpaired) electrons. The second kappa shape index (κ2) is 11.9. The number of esters is 1. The van der Waals surface area contributed by atoms with Crippen LogP contribution in [0.2, 0.25) is 5.02 Å². The van der Waals surface area contributed by atoms with E-state index in [0.29, 0.717) is 23.6 Å². The second-order valence-electron chi connectivity index (χ2n) is 10.4. The first kappa shape index (κ1) is 29.2. The summed E-state index contributed by atoms with van der Waals surface area (Å²) in [5, 5.41) is 11.0. The zero-order valence-electron chi connectivity index (χ0n) is 22.1. The molecule has 2 aromatic rings. The van der Waals surface area contributed by atoms with Crippen LogP contribution < -0.4 is 4.90 Å². The number of ether oxygens (including phenoxy) is 1. The van der Waals surface area contributed by atoms with Gasteiger partial charge in [0.25, 0.3) is 5.91 Å². The highest BCUT2D eigenvalue weighted by Gasteiger charge is 2.76. The number of nitrogens with zero attached hydrogens (tertiary/aromatic N) is 2. The molecule has 7 nitrogen and oxygen atoms in total. The Kier molecular flexibility index (Phi) is 8.66. The van der Waals surface area contributed by atoms with Crippen molar-refractivity contribution < 1.29 is 24.2 Å². The largest absolute Gasteiger partial charge is 0.466 e. The van der Waals surface area contributed by atoms with Crippen molar-refractivity contribution in [3.05, 3.63) is 77.8 Å². The van der Waals surface area contributed by atoms with Crippen molar-refractivity contribution in [1.82, 2.24) is 4.90 Å². The Hall–Kier alpha value is -2.33. The van der Waals surface area contributed by atoms with Crippen LogP contribution in [0.3, 0.4) is 0 Å². The van der Waals surface area contributed by atoms with Gasteiger partial charge in [-0.05, 0) is 49.6 Å². The van der Waals surface area contributed by atoms with Crippen LogP contribution in [-0.4, -0.2) is 74.5 Å². The van der Waals surface area contributed by atoms with E-state index in [1.54, 1.807) is 58.8 Å². The monoisotopic (exact) mass is 646 g/mol. The fraction of sp³-hybridized carbons (Fsp3) is 0.433. The smallest absolute Gasteiger partial charge is 0.310 e. The molecule has 212 valence electrons. The lowest BCUT2D eigenvalue weighted by molar-refractivity contribution is -0.154. The van der Waals surface area contributed by atoms with Crippen molar-refractivity contribution in [1.29, 1.82) is 0 Å². The van der Waals surface area contributed by atoms with Crippen LogP contribution in [0.1, 0.15) is 18.9 Å². The van der Waals surface area contributed by atoms with E-state index in [4.69, 9.17) is 16.3 Å². The minimum atomic E-state index is -0.907. The number of aliphatic hydroxyl groups excluding tert-OH is 1. The fourth-order valence-corrected chi connectivity index (χ4v) is 10.3.